The summed E-state index contributed by atoms with van der Waals surface area (Å²) in [5, 5.41) is 0. The molecule has 0 N–H and O–H groups in total. The molecule has 0 radical (unpaired) electrons. The van der Waals surface area contributed by atoms with Crippen molar-refractivity contribution in [2.45, 2.75) is 73.6 Å². The maximum Gasteiger partial charge on any atom is -0.0354 e. The van der Waals surface area contributed by atoms with Crippen molar-refractivity contribution >= 4 is 0 Å². The number of hydrogen-bond donors (Lipinski definition) is 0. The summed E-state index contributed by atoms with van der Waals surface area (Å²) in [5.41, 5.74) is 0.550. The van der Waals surface area contributed by atoms with E-state index in [2.05, 4.69) is 41.5 Å². The Hall–Kier alpha value is 0. The molecule has 0 saturated heterocycles. The molecule has 0 heteroatoms. The predicted molar refractivity (Wildman–Crippen MR) is 66.5 cm³/mol. The molecule has 0 nitrogen and oxygen atoms in total. The van der Waals surface area contributed by atoms with E-state index >= 15 is 0 Å². The molecule has 0 heterocycles. The van der Waals surface area contributed by atoms with Gasteiger partial charge in [0.1, 0.15) is 0 Å². The third-order valence-corrected chi connectivity index (χ3v) is 3.81. The minimum absolute atomic E-state index is 0.550. The highest BCUT2D eigenvalue weighted by atomic mass is 14.3. The second-order valence-electron chi connectivity index (χ2n) is 5.75. The van der Waals surface area contributed by atoms with Gasteiger partial charge in [-0.25, -0.2) is 0 Å². The van der Waals surface area contributed by atoms with Crippen LogP contribution in [0.4, 0.5) is 0 Å². The lowest BCUT2D eigenvalue weighted by atomic mass is 9.77. The molecule has 0 spiro atoms. The molecule has 0 amide bonds. The molecule has 2 atom stereocenters. The van der Waals surface area contributed by atoms with E-state index in [9.17, 15) is 0 Å². The largest absolute Gasteiger partial charge is 0.0651 e. The Morgan fingerprint density at radius 2 is 1.57 bits per heavy atom. The summed E-state index contributed by atoms with van der Waals surface area (Å²) in [7, 11) is 0. The molecule has 0 rings (SSSR count). The molecule has 0 aliphatic carbocycles. The number of hydrogen-bond acceptors (Lipinski definition) is 0. The van der Waals surface area contributed by atoms with Crippen LogP contribution in [0.15, 0.2) is 0 Å². The fraction of sp³-hybridized carbons (Fsp3) is 1.00. The van der Waals surface area contributed by atoms with Gasteiger partial charge in [-0.1, -0.05) is 60.8 Å². The van der Waals surface area contributed by atoms with Crippen LogP contribution in [0, 0.1) is 17.3 Å². The highest BCUT2D eigenvalue weighted by molar-refractivity contribution is 4.72. The van der Waals surface area contributed by atoms with Gasteiger partial charge in [0.25, 0.3) is 0 Å². The standard InChI is InChI=1S/C14H30/c1-7-12(4)10-13(8-2)11-14(5,6)9-3/h12-13H,7-11H2,1-6H3. The summed E-state index contributed by atoms with van der Waals surface area (Å²) in [6.07, 6.45) is 6.83. The molecule has 86 valence electrons. The Balaban J connectivity index is 4.02. The zero-order valence-corrected chi connectivity index (χ0v) is 11.2. The van der Waals surface area contributed by atoms with Gasteiger partial charge in [-0.15, -0.1) is 0 Å². The molecule has 14 heavy (non-hydrogen) atoms. The van der Waals surface area contributed by atoms with Crippen LogP contribution in [0.3, 0.4) is 0 Å². The lowest BCUT2D eigenvalue weighted by Crippen LogP contribution is -2.17. The quantitative estimate of drug-likeness (QED) is 0.522. The van der Waals surface area contributed by atoms with Crippen molar-refractivity contribution < 1.29 is 0 Å². The van der Waals surface area contributed by atoms with Crippen molar-refractivity contribution in [3.8, 4) is 0 Å². The minimum Gasteiger partial charge on any atom is -0.0651 e. The first-order valence-electron chi connectivity index (χ1n) is 6.45. The van der Waals surface area contributed by atoms with Crippen LogP contribution in [0.5, 0.6) is 0 Å². The van der Waals surface area contributed by atoms with E-state index in [1.807, 2.05) is 0 Å². The van der Waals surface area contributed by atoms with Gasteiger partial charge in [-0.2, -0.15) is 0 Å². The Bertz CT molecular complexity index is 135. The Kier molecular flexibility index (Phi) is 6.48. The van der Waals surface area contributed by atoms with E-state index in [1.165, 1.54) is 32.1 Å². The Morgan fingerprint density at radius 3 is 1.93 bits per heavy atom. The molecule has 0 aliphatic rings. The molecule has 0 fully saturated rings. The van der Waals surface area contributed by atoms with Crippen molar-refractivity contribution in [2.75, 3.05) is 0 Å². The van der Waals surface area contributed by atoms with Crippen LogP contribution in [0.2, 0.25) is 0 Å². The average Bonchev–Trinajstić information content (AvgIpc) is 2.16. The van der Waals surface area contributed by atoms with Gasteiger partial charge < -0.3 is 0 Å². The molecule has 0 aliphatic heterocycles. The third-order valence-electron chi connectivity index (χ3n) is 3.81. The summed E-state index contributed by atoms with van der Waals surface area (Å²) in [6.45, 7) is 14.2. The average molecular weight is 198 g/mol. The molecule has 2 unspecified atom stereocenters. The zero-order valence-electron chi connectivity index (χ0n) is 11.2. The van der Waals surface area contributed by atoms with E-state index in [4.69, 9.17) is 0 Å². The smallest absolute Gasteiger partial charge is 0.0354 e. The van der Waals surface area contributed by atoms with Crippen molar-refractivity contribution in [3.63, 3.8) is 0 Å². The summed E-state index contributed by atoms with van der Waals surface area (Å²) < 4.78 is 0. The van der Waals surface area contributed by atoms with Crippen LogP contribution < -0.4 is 0 Å². The molecule has 0 aromatic carbocycles. The van der Waals surface area contributed by atoms with Gasteiger partial charge in [-0.3, -0.25) is 0 Å². The molecular formula is C14H30. The first-order valence-corrected chi connectivity index (χ1v) is 6.45. The van der Waals surface area contributed by atoms with Crippen molar-refractivity contribution in [1.29, 1.82) is 0 Å². The summed E-state index contributed by atoms with van der Waals surface area (Å²) >= 11 is 0. The second-order valence-corrected chi connectivity index (χ2v) is 5.75. The molecular weight excluding hydrogens is 168 g/mol. The monoisotopic (exact) mass is 198 g/mol. The van der Waals surface area contributed by atoms with E-state index in [-0.39, 0.29) is 0 Å². The number of rotatable bonds is 7. The first-order chi connectivity index (χ1) is 6.45. The normalized spacial score (nSPS) is 16.7. The summed E-state index contributed by atoms with van der Waals surface area (Å²) in [5.74, 6) is 1.85. The Labute approximate surface area is 91.5 Å². The molecule has 0 aromatic rings. The van der Waals surface area contributed by atoms with Crippen LogP contribution >= 0.6 is 0 Å². The van der Waals surface area contributed by atoms with Crippen molar-refractivity contribution in [1.82, 2.24) is 0 Å². The Morgan fingerprint density at radius 1 is 1.00 bits per heavy atom. The highest BCUT2D eigenvalue weighted by Gasteiger charge is 2.21. The van der Waals surface area contributed by atoms with Crippen LogP contribution in [-0.2, 0) is 0 Å². The zero-order chi connectivity index (χ0) is 11.2. The van der Waals surface area contributed by atoms with Gasteiger partial charge in [0.2, 0.25) is 0 Å². The van der Waals surface area contributed by atoms with Gasteiger partial charge in [0.05, 0.1) is 0 Å². The molecule has 0 saturated carbocycles. The maximum atomic E-state index is 2.41. The van der Waals surface area contributed by atoms with Gasteiger partial charge in [0, 0.05) is 0 Å². The fourth-order valence-electron chi connectivity index (χ4n) is 2.06. The van der Waals surface area contributed by atoms with E-state index in [0.29, 0.717) is 5.41 Å². The SMILES string of the molecule is CCC(C)CC(CC)CC(C)(C)CC. The topological polar surface area (TPSA) is 0 Å². The van der Waals surface area contributed by atoms with Crippen molar-refractivity contribution in [2.24, 2.45) is 17.3 Å². The van der Waals surface area contributed by atoms with Gasteiger partial charge in [-0.05, 0) is 30.1 Å². The van der Waals surface area contributed by atoms with E-state index in [0.717, 1.165) is 11.8 Å². The summed E-state index contributed by atoms with van der Waals surface area (Å²) in [4.78, 5) is 0. The predicted octanol–water partition coefficient (Wildman–Crippen LogP) is 5.28. The van der Waals surface area contributed by atoms with E-state index in [1.54, 1.807) is 0 Å². The highest BCUT2D eigenvalue weighted by Crippen LogP contribution is 2.33. The fourth-order valence-corrected chi connectivity index (χ4v) is 2.06. The molecule has 0 aromatic heterocycles. The molecule has 0 bridgehead atoms. The lowest BCUT2D eigenvalue weighted by Gasteiger charge is -2.29. The first kappa shape index (κ1) is 14.0. The van der Waals surface area contributed by atoms with Crippen LogP contribution in [0.1, 0.15) is 73.6 Å². The van der Waals surface area contributed by atoms with Crippen LogP contribution in [0.25, 0.3) is 0 Å². The van der Waals surface area contributed by atoms with Gasteiger partial charge >= 0.3 is 0 Å². The minimum atomic E-state index is 0.550. The van der Waals surface area contributed by atoms with Crippen LogP contribution in [-0.4, -0.2) is 0 Å². The summed E-state index contributed by atoms with van der Waals surface area (Å²) in [6, 6.07) is 0. The van der Waals surface area contributed by atoms with E-state index < -0.39 is 0 Å². The second kappa shape index (κ2) is 6.48. The lowest BCUT2D eigenvalue weighted by molar-refractivity contribution is 0.224. The van der Waals surface area contributed by atoms with Crippen molar-refractivity contribution in [3.05, 3.63) is 0 Å². The van der Waals surface area contributed by atoms with Gasteiger partial charge in [0.15, 0.2) is 0 Å². The maximum absolute atomic E-state index is 2.41. The third kappa shape index (κ3) is 5.67.